The van der Waals surface area contributed by atoms with E-state index in [1.807, 2.05) is 0 Å². The van der Waals surface area contributed by atoms with Crippen molar-refractivity contribution in [3.05, 3.63) is 46.1 Å². The Hall–Kier alpha value is -2.78. The van der Waals surface area contributed by atoms with Crippen LogP contribution in [0, 0.1) is 12.3 Å². The fraction of sp³-hybridized carbons (Fsp3) is 0.286. The first-order chi connectivity index (χ1) is 15.4. The summed E-state index contributed by atoms with van der Waals surface area (Å²) in [5, 5.41) is 1.69. The molecule has 0 radical (unpaired) electrons. The highest BCUT2D eigenvalue weighted by Crippen LogP contribution is 2.29. The lowest BCUT2D eigenvalue weighted by atomic mass is 10.2. The summed E-state index contributed by atoms with van der Waals surface area (Å²) in [5.41, 5.74) is 1.10. The third-order valence-electron chi connectivity index (χ3n) is 5.11. The first kappa shape index (κ1) is 22.4. The molecule has 0 saturated carbocycles. The van der Waals surface area contributed by atoms with Gasteiger partial charge in [0.05, 0.1) is 29.4 Å². The molecule has 11 heteroatoms. The van der Waals surface area contributed by atoms with Crippen molar-refractivity contribution in [3.63, 3.8) is 0 Å². The number of benzene rings is 1. The molecule has 1 fully saturated rings. The number of fused-ring (bicyclic) bond motifs is 1. The van der Waals surface area contributed by atoms with Crippen molar-refractivity contribution in [3.8, 4) is 12.3 Å². The topological polar surface area (TPSA) is 98.0 Å². The average Bonchev–Trinajstić information content (AvgIpc) is 3.53. The highest BCUT2D eigenvalue weighted by Gasteiger charge is 2.40. The third kappa shape index (κ3) is 4.02. The highest BCUT2D eigenvalue weighted by molar-refractivity contribution is 7.91. The molecule has 8 nitrogen and oxygen atoms in total. The van der Waals surface area contributed by atoms with E-state index in [-0.39, 0.29) is 17.3 Å². The van der Waals surface area contributed by atoms with Crippen LogP contribution in [-0.2, 0) is 26.1 Å². The Morgan fingerprint density at radius 2 is 2.16 bits per heavy atom. The number of carbonyl (C=O) groups is 2. The second-order valence-electron chi connectivity index (χ2n) is 7.00. The zero-order chi connectivity index (χ0) is 22.9. The van der Waals surface area contributed by atoms with Gasteiger partial charge in [0.25, 0.3) is 15.9 Å². The van der Waals surface area contributed by atoms with Crippen LogP contribution in [0.4, 0.5) is 0 Å². The fourth-order valence-corrected chi connectivity index (χ4v) is 7.46. The Balaban J connectivity index is 1.74. The molecule has 1 atom stereocenters. The van der Waals surface area contributed by atoms with Crippen molar-refractivity contribution < 1.29 is 22.7 Å². The number of sulfonamides is 1. The third-order valence-corrected chi connectivity index (χ3v) is 9.43. The van der Waals surface area contributed by atoms with E-state index >= 15 is 0 Å². The molecular weight excluding hydrogens is 470 g/mol. The predicted octanol–water partition coefficient (Wildman–Crippen LogP) is 2.46. The number of thiazole rings is 1. The molecule has 3 heterocycles. The van der Waals surface area contributed by atoms with Crippen LogP contribution >= 0.6 is 22.7 Å². The molecule has 1 aliphatic rings. The van der Waals surface area contributed by atoms with Gasteiger partial charge in [-0.15, -0.1) is 17.8 Å². The van der Waals surface area contributed by atoms with Gasteiger partial charge in [-0.3, -0.25) is 4.79 Å². The molecule has 1 amide bonds. The molecule has 0 aliphatic carbocycles. The maximum Gasteiger partial charge on any atom is 0.337 e. The smallest absolute Gasteiger partial charge is 0.337 e. The monoisotopic (exact) mass is 489 g/mol. The number of aromatic nitrogens is 1. The van der Waals surface area contributed by atoms with E-state index in [0.29, 0.717) is 27.9 Å². The number of hydrogen-bond acceptors (Lipinski definition) is 7. The molecule has 0 spiro atoms. The Labute approximate surface area is 192 Å². The number of esters is 1. The summed E-state index contributed by atoms with van der Waals surface area (Å²) >= 11 is 2.32. The number of rotatable bonds is 5. The molecule has 1 aromatic carbocycles. The normalized spacial score (nSPS) is 17.5. The Kier molecular flexibility index (Phi) is 6.30. The van der Waals surface area contributed by atoms with Crippen LogP contribution in [0.1, 0.15) is 23.2 Å². The molecule has 1 saturated heterocycles. The second kappa shape index (κ2) is 8.99. The van der Waals surface area contributed by atoms with Gasteiger partial charge in [-0.05, 0) is 42.5 Å². The molecule has 0 unspecified atom stereocenters. The van der Waals surface area contributed by atoms with Crippen molar-refractivity contribution in [2.75, 3.05) is 13.7 Å². The van der Waals surface area contributed by atoms with Gasteiger partial charge in [0.1, 0.15) is 10.3 Å². The van der Waals surface area contributed by atoms with Crippen molar-refractivity contribution in [2.24, 2.45) is 4.99 Å². The van der Waals surface area contributed by atoms with Crippen LogP contribution in [0.15, 0.2) is 44.9 Å². The zero-order valence-corrected chi connectivity index (χ0v) is 19.5. The molecule has 32 heavy (non-hydrogen) atoms. The molecule has 4 rings (SSSR count). The van der Waals surface area contributed by atoms with Gasteiger partial charge in [0.2, 0.25) is 0 Å². The fourth-order valence-electron chi connectivity index (χ4n) is 3.62. The number of ether oxygens (including phenoxy) is 1. The number of methoxy groups -OCH3 is 1. The van der Waals surface area contributed by atoms with Crippen LogP contribution < -0.4 is 4.80 Å². The SMILES string of the molecule is C#CCn1c(=NC(=O)[C@H]2CCCN2S(=O)(=O)c2cccs2)sc2cc(C(=O)OC)ccc21. The van der Waals surface area contributed by atoms with Gasteiger partial charge in [-0.2, -0.15) is 9.30 Å². The predicted molar refractivity (Wildman–Crippen MR) is 122 cm³/mol. The lowest BCUT2D eigenvalue weighted by Crippen LogP contribution is -2.40. The van der Waals surface area contributed by atoms with Gasteiger partial charge in [-0.25, -0.2) is 13.2 Å². The van der Waals surface area contributed by atoms with Crippen LogP contribution in [-0.4, -0.2) is 48.9 Å². The summed E-state index contributed by atoms with van der Waals surface area (Å²) in [4.78, 5) is 29.6. The molecule has 1 aliphatic heterocycles. The molecule has 0 N–H and O–H groups in total. The van der Waals surface area contributed by atoms with E-state index in [0.717, 1.165) is 16.9 Å². The number of terminal acetylenes is 1. The standard InChI is InChI=1S/C21H19N3O5S3/c1-3-10-23-15-9-8-14(20(26)29-2)13-17(15)31-21(23)22-19(25)16-6-4-11-24(16)32(27,28)18-7-5-12-30-18/h1,5,7-9,12-13,16H,4,6,10-11H2,2H3/t16-/m1/s1. The summed E-state index contributed by atoms with van der Waals surface area (Å²) in [5.74, 6) is 1.54. The second-order valence-corrected chi connectivity index (χ2v) is 11.1. The Bertz CT molecular complexity index is 1390. The van der Waals surface area contributed by atoms with Crippen LogP contribution in [0.5, 0.6) is 0 Å². The van der Waals surface area contributed by atoms with E-state index in [9.17, 15) is 18.0 Å². The van der Waals surface area contributed by atoms with Crippen LogP contribution in [0.3, 0.4) is 0 Å². The van der Waals surface area contributed by atoms with E-state index in [2.05, 4.69) is 10.9 Å². The minimum Gasteiger partial charge on any atom is -0.465 e. The van der Waals surface area contributed by atoms with Crippen LogP contribution in [0.25, 0.3) is 10.2 Å². The summed E-state index contributed by atoms with van der Waals surface area (Å²) in [6, 6.07) is 7.33. The van der Waals surface area contributed by atoms with E-state index in [1.165, 1.54) is 28.8 Å². The first-order valence-corrected chi connectivity index (χ1v) is 12.8. The maximum atomic E-state index is 13.1. The number of thiophene rings is 1. The number of amides is 1. The van der Waals surface area contributed by atoms with Gasteiger partial charge >= 0.3 is 5.97 Å². The molecule has 166 valence electrons. The van der Waals surface area contributed by atoms with Gasteiger partial charge in [0, 0.05) is 6.54 Å². The molecule has 0 bridgehead atoms. The van der Waals surface area contributed by atoms with Crippen molar-refractivity contribution in [1.82, 2.24) is 8.87 Å². The lowest BCUT2D eigenvalue weighted by molar-refractivity contribution is -0.121. The first-order valence-electron chi connectivity index (χ1n) is 9.66. The quantitative estimate of drug-likeness (QED) is 0.405. The number of nitrogens with zero attached hydrogens (tertiary/aromatic N) is 3. The van der Waals surface area contributed by atoms with E-state index in [1.54, 1.807) is 34.2 Å². The van der Waals surface area contributed by atoms with Crippen molar-refractivity contribution in [2.45, 2.75) is 29.6 Å². The largest absolute Gasteiger partial charge is 0.465 e. The minimum absolute atomic E-state index is 0.172. The summed E-state index contributed by atoms with van der Waals surface area (Å²) < 4.78 is 34.6. The molecular formula is C21H19N3O5S3. The summed E-state index contributed by atoms with van der Waals surface area (Å²) in [6.07, 6.45) is 6.49. The minimum atomic E-state index is -3.76. The Morgan fingerprint density at radius 3 is 2.84 bits per heavy atom. The number of hydrogen-bond donors (Lipinski definition) is 0. The molecule has 2 aromatic heterocycles. The van der Waals surface area contributed by atoms with E-state index in [4.69, 9.17) is 11.2 Å². The van der Waals surface area contributed by atoms with E-state index < -0.39 is 27.9 Å². The number of carbonyl (C=O) groups excluding carboxylic acids is 2. The summed E-state index contributed by atoms with van der Waals surface area (Å²) in [7, 11) is -2.46. The zero-order valence-electron chi connectivity index (χ0n) is 17.1. The lowest BCUT2D eigenvalue weighted by Gasteiger charge is -2.20. The van der Waals surface area contributed by atoms with Crippen LogP contribution in [0.2, 0.25) is 0 Å². The summed E-state index contributed by atoms with van der Waals surface area (Å²) in [6.45, 7) is 0.441. The van der Waals surface area contributed by atoms with Gasteiger partial charge in [-0.1, -0.05) is 23.3 Å². The van der Waals surface area contributed by atoms with Gasteiger partial charge < -0.3 is 9.30 Å². The van der Waals surface area contributed by atoms with Crippen molar-refractivity contribution in [1.29, 1.82) is 0 Å². The van der Waals surface area contributed by atoms with Gasteiger partial charge in [0.15, 0.2) is 4.80 Å². The van der Waals surface area contributed by atoms with Crippen molar-refractivity contribution >= 4 is 54.8 Å². The molecule has 3 aromatic rings. The average molecular weight is 490 g/mol. The Morgan fingerprint density at radius 1 is 1.34 bits per heavy atom. The highest BCUT2D eigenvalue weighted by atomic mass is 32.2. The maximum absolute atomic E-state index is 13.1.